The summed E-state index contributed by atoms with van der Waals surface area (Å²) in [7, 11) is 2.05. The Hall–Kier alpha value is -2.42. The lowest BCUT2D eigenvalue weighted by Gasteiger charge is -2.07. The van der Waals surface area contributed by atoms with Crippen molar-refractivity contribution in [3.63, 3.8) is 0 Å². The Balaban J connectivity index is 1.84. The maximum Gasteiger partial charge on any atom is 0.128 e. The molecule has 3 rings (SSSR count). The lowest BCUT2D eigenvalue weighted by Crippen LogP contribution is -2.01. The van der Waals surface area contributed by atoms with Crippen molar-refractivity contribution in [1.82, 2.24) is 4.57 Å². The average molecular weight is 267 g/mol. The lowest BCUT2D eigenvalue weighted by atomic mass is 10.2. The van der Waals surface area contributed by atoms with Gasteiger partial charge in [-0.05, 0) is 54.3 Å². The van der Waals surface area contributed by atoms with Crippen LogP contribution in [0.3, 0.4) is 0 Å². The second-order valence-electron chi connectivity index (χ2n) is 5.04. The normalized spacial score (nSPS) is 10.9. The molecule has 0 aliphatic heterocycles. The molecule has 0 saturated carbocycles. The number of fused-ring (bicyclic) bond motifs is 1. The van der Waals surface area contributed by atoms with Crippen molar-refractivity contribution in [3.05, 3.63) is 59.8 Å². The molecule has 20 heavy (non-hydrogen) atoms. The summed E-state index contributed by atoms with van der Waals surface area (Å²) in [5, 5.41) is 10.5. The molecule has 0 unspecified atom stereocenters. The predicted molar refractivity (Wildman–Crippen MR) is 80.1 cm³/mol. The van der Waals surface area contributed by atoms with E-state index in [0.29, 0.717) is 6.61 Å². The van der Waals surface area contributed by atoms with Crippen LogP contribution in [0, 0.1) is 6.92 Å². The minimum atomic E-state index is 0.248. The Morgan fingerprint density at radius 2 is 1.80 bits per heavy atom. The number of hydrogen-bond acceptors (Lipinski definition) is 2. The molecule has 1 N–H and O–H groups in total. The highest BCUT2D eigenvalue weighted by Crippen LogP contribution is 2.22. The number of rotatable bonds is 3. The Morgan fingerprint density at radius 3 is 2.55 bits per heavy atom. The molecular weight excluding hydrogens is 250 g/mol. The van der Waals surface area contributed by atoms with Crippen LogP contribution in [-0.2, 0) is 13.7 Å². The summed E-state index contributed by atoms with van der Waals surface area (Å²) in [6, 6.07) is 15.4. The van der Waals surface area contributed by atoms with Gasteiger partial charge in [0.2, 0.25) is 0 Å². The molecular formula is C17H17NO2. The Labute approximate surface area is 118 Å². The molecule has 0 saturated heterocycles. The van der Waals surface area contributed by atoms with Gasteiger partial charge in [-0.2, -0.15) is 0 Å². The highest BCUT2D eigenvalue weighted by Gasteiger charge is 2.06. The standard InChI is InChI=1S/C17H17NO2/c1-12-3-4-13-10-14(18(2)17(13)9-12)11-20-16-7-5-15(19)6-8-16/h3-10,19H,11H2,1-2H3. The highest BCUT2D eigenvalue weighted by atomic mass is 16.5. The first-order valence-electron chi connectivity index (χ1n) is 6.60. The average Bonchev–Trinajstić information content (AvgIpc) is 2.75. The van der Waals surface area contributed by atoms with Crippen LogP contribution in [0.4, 0.5) is 0 Å². The van der Waals surface area contributed by atoms with Gasteiger partial charge in [-0.15, -0.1) is 0 Å². The molecule has 0 atom stereocenters. The molecule has 0 bridgehead atoms. The van der Waals surface area contributed by atoms with Crippen LogP contribution in [0.2, 0.25) is 0 Å². The fourth-order valence-corrected chi connectivity index (χ4v) is 2.34. The topological polar surface area (TPSA) is 34.4 Å². The van der Waals surface area contributed by atoms with Gasteiger partial charge in [-0.3, -0.25) is 0 Å². The zero-order chi connectivity index (χ0) is 14.1. The Morgan fingerprint density at radius 1 is 1.05 bits per heavy atom. The van der Waals surface area contributed by atoms with E-state index in [9.17, 15) is 5.11 Å². The molecule has 0 aliphatic carbocycles. The largest absolute Gasteiger partial charge is 0.508 e. The van der Waals surface area contributed by atoms with Crippen molar-refractivity contribution >= 4 is 10.9 Å². The Bertz CT molecular complexity index is 742. The Kier molecular flexibility index (Phi) is 3.11. The number of phenols is 1. The van der Waals surface area contributed by atoms with Crippen molar-refractivity contribution in [2.24, 2.45) is 7.05 Å². The maximum atomic E-state index is 9.25. The van der Waals surface area contributed by atoms with E-state index in [-0.39, 0.29) is 5.75 Å². The molecule has 1 heterocycles. The van der Waals surface area contributed by atoms with E-state index in [4.69, 9.17) is 4.74 Å². The van der Waals surface area contributed by atoms with Crippen molar-refractivity contribution < 1.29 is 9.84 Å². The van der Waals surface area contributed by atoms with E-state index in [1.807, 2.05) is 0 Å². The summed E-state index contributed by atoms with van der Waals surface area (Å²) >= 11 is 0. The van der Waals surface area contributed by atoms with Crippen LogP contribution >= 0.6 is 0 Å². The maximum absolute atomic E-state index is 9.25. The summed E-state index contributed by atoms with van der Waals surface area (Å²) in [6.45, 7) is 2.61. The number of aromatic nitrogens is 1. The quantitative estimate of drug-likeness (QED) is 0.783. The van der Waals surface area contributed by atoms with Gasteiger partial charge in [-0.25, -0.2) is 0 Å². The third-order valence-electron chi connectivity index (χ3n) is 3.52. The van der Waals surface area contributed by atoms with Crippen LogP contribution in [0.25, 0.3) is 10.9 Å². The molecule has 0 amide bonds. The number of ether oxygens (including phenoxy) is 1. The summed E-state index contributed by atoms with van der Waals surface area (Å²) in [6.07, 6.45) is 0. The van der Waals surface area contributed by atoms with E-state index in [1.54, 1.807) is 24.3 Å². The van der Waals surface area contributed by atoms with Gasteiger partial charge in [0.1, 0.15) is 18.1 Å². The molecule has 0 aliphatic rings. The van der Waals surface area contributed by atoms with Gasteiger partial charge in [-0.1, -0.05) is 12.1 Å². The SMILES string of the molecule is Cc1ccc2cc(COc3ccc(O)cc3)n(C)c2c1. The van der Waals surface area contributed by atoms with E-state index in [1.165, 1.54) is 16.5 Å². The molecule has 0 fully saturated rings. The lowest BCUT2D eigenvalue weighted by molar-refractivity contribution is 0.297. The third kappa shape index (κ3) is 2.35. The highest BCUT2D eigenvalue weighted by molar-refractivity contribution is 5.81. The van der Waals surface area contributed by atoms with Crippen molar-refractivity contribution in [3.8, 4) is 11.5 Å². The molecule has 0 spiro atoms. The van der Waals surface area contributed by atoms with Gasteiger partial charge in [0.05, 0.1) is 5.69 Å². The molecule has 3 nitrogen and oxygen atoms in total. The van der Waals surface area contributed by atoms with Crippen molar-refractivity contribution in [2.45, 2.75) is 13.5 Å². The summed E-state index contributed by atoms with van der Waals surface area (Å²) in [5.74, 6) is 1.00. The van der Waals surface area contributed by atoms with Crippen molar-refractivity contribution in [1.29, 1.82) is 0 Å². The number of hydrogen-bond donors (Lipinski definition) is 1. The van der Waals surface area contributed by atoms with Gasteiger partial charge in [0.15, 0.2) is 0 Å². The predicted octanol–water partition coefficient (Wildman–Crippen LogP) is 3.77. The van der Waals surface area contributed by atoms with Crippen LogP contribution in [0.1, 0.15) is 11.3 Å². The van der Waals surface area contributed by atoms with E-state index in [2.05, 4.69) is 42.8 Å². The fraction of sp³-hybridized carbons (Fsp3) is 0.176. The molecule has 102 valence electrons. The summed E-state index contributed by atoms with van der Waals surface area (Å²) in [5.41, 5.74) is 3.60. The first-order valence-corrected chi connectivity index (χ1v) is 6.60. The molecule has 2 aromatic carbocycles. The van der Waals surface area contributed by atoms with E-state index in [0.717, 1.165) is 11.4 Å². The van der Waals surface area contributed by atoms with Crippen molar-refractivity contribution in [2.75, 3.05) is 0 Å². The molecule has 1 aromatic heterocycles. The number of nitrogens with zero attached hydrogens (tertiary/aromatic N) is 1. The fourth-order valence-electron chi connectivity index (χ4n) is 2.34. The first-order chi connectivity index (χ1) is 9.63. The van der Waals surface area contributed by atoms with Crippen LogP contribution < -0.4 is 4.74 Å². The molecule has 3 heteroatoms. The minimum Gasteiger partial charge on any atom is -0.508 e. The molecule has 3 aromatic rings. The summed E-state index contributed by atoms with van der Waals surface area (Å²) in [4.78, 5) is 0. The number of aryl methyl sites for hydroxylation is 2. The van der Waals surface area contributed by atoms with Gasteiger partial charge < -0.3 is 14.4 Å². The van der Waals surface area contributed by atoms with E-state index < -0.39 is 0 Å². The van der Waals surface area contributed by atoms with Gasteiger partial charge in [0.25, 0.3) is 0 Å². The second kappa shape index (κ2) is 4.93. The monoisotopic (exact) mass is 267 g/mol. The van der Waals surface area contributed by atoms with Crippen LogP contribution in [0.15, 0.2) is 48.5 Å². The third-order valence-corrected chi connectivity index (χ3v) is 3.52. The van der Waals surface area contributed by atoms with E-state index >= 15 is 0 Å². The number of benzene rings is 2. The second-order valence-corrected chi connectivity index (χ2v) is 5.04. The number of aromatic hydroxyl groups is 1. The first kappa shape index (κ1) is 12.6. The molecule has 0 radical (unpaired) electrons. The van der Waals surface area contributed by atoms with Gasteiger partial charge in [0, 0.05) is 12.6 Å². The van der Waals surface area contributed by atoms with Gasteiger partial charge >= 0.3 is 0 Å². The smallest absolute Gasteiger partial charge is 0.128 e. The number of phenolic OH excluding ortho intramolecular Hbond substituents is 1. The zero-order valence-corrected chi connectivity index (χ0v) is 11.6. The summed E-state index contributed by atoms with van der Waals surface area (Å²) < 4.78 is 7.91. The van der Waals surface area contributed by atoms with Crippen LogP contribution in [-0.4, -0.2) is 9.67 Å². The van der Waals surface area contributed by atoms with Crippen LogP contribution in [0.5, 0.6) is 11.5 Å². The zero-order valence-electron chi connectivity index (χ0n) is 11.6. The minimum absolute atomic E-state index is 0.248.